The van der Waals surface area contributed by atoms with Crippen LogP contribution in [0, 0.1) is 0 Å². The fraction of sp³-hybridized carbons (Fsp3) is 0.462. The second-order valence-electron chi connectivity index (χ2n) is 4.52. The standard InChI is InChI=1S/C13H16F3NO4/c1-17(6-9(18)7-21-2)11-4-3-8(13(14,15)16)5-10(11)12(19)20/h3-5,9,18H,6-7H2,1-2H3,(H,19,20). The number of anilines is 1. The predicted molar refractivity (Wildman–Crippen MR) is 69.6 cm³/mol. The summed E-state index contributed by atoms with van der Waals surface area (Å²) in [5.41, 5.74) is -1.42. The Labute approximate surface area is 119 Å². The van der Waals surface area contributed by atoms with Gasteiger partial charge in [0.05, 0.1) is 29.5 Å². The number of carbonyl (C=O) groups is 1. The summed E-state index contributed by atoms with van der Waals surface area (Å²) >= 11 is 0. The first-order valence-corrected chi connectivity index (χ1v) is 5.99. The number of alkyl halides is 3. The lowest BCUT2D eigenvalue weighted by molar-refractivity contribution is -0.137. The van der Waals surface area contributed by atoms with Crippen molar-refractivity contribution in [1.82, 2.24) is 0 Å². The van der Waals surface area contributed by atoms with Crippen LogP contribution in [0.25, 0.3) is 0 Å². The summed E-state index contributed by atoms with van der Waals surface area (Å²) in [6.45, 7) is 0.0624. The molecule has 0 saturated carbocycles. The third-order valence-electron chi connectivity index (χ3n) is 2.81. The molecular weight excluding hydrogens is 291 g/mol. The zero-order valence-corrected chi connectivity index (χ0v) is 11.5. The van der Waals surface area contributed by atoms with Crippen molar-refractivity contribution in [2.45, 2.75) is 12.3 Å². The quantitative estimate of drug-likeness (QED) is 0.839. The van der Waals surface area contributed by atoms with Crippen LogP contribution in [0.5, 0.6) is 0 Å². The summed E-state index contributed by atoms with van der Waals surface area (Å²) in [5, 5.41) is 18.7. The number of methoxy groups -OCH3 is 1. The lowest BCUT2D eigenvalue weighted by Gasteiger charge is -2.24. The van der Waals surface area contributed by atoms with Crippen LogP contribution in [0.1, 0.15) is 15.9 Å². The van der Waals surface area contributed by atoms with Crippen molar-refractivity contribution in [1.29, 1.82) is 0 Å². The van der Waals surface area contributed by atoms with Crippen LogP contribution in [0.15, 0.2) is 18.2 Å². The molecule has 0 bridgehead atoms. The second kappa shape index (κ2) is 6.77. The number of benzene rings is 1. The Hall–Kier alpha value is -1.80. The van der Waals surface area contributed by atoms with Gasteiger partial charge in [-0.25, -0.2) is 4.79 Å². The van der Waals surface area contributed by atoms with Crippen LogP contribution in [0.4, 0.5) is 18.9 Å². The summed E-state index contributed by atoms with van der Waals surface area (Å²) in [4.78, 5) is 12.5. The van der Waals surface area contributed by atoms with Crippen LogP contribution in [0.3, 0.4) is 0 Å². The van der Waals surface area contributed by atoms with Gasteiger partial charge in [-0.2, -0.15) is 13.2 Å². The first kappa shape index (κ1) is 17.3. The molecule has 0 radical (unpaired) electrons. The molecule has 118 valence electrons. The molecule has 5 nitrogen and oxygen atoms in total. The number of halogens is 3. The van der Waals surface area contributed by atoms with Crippen LogP contribution in [0.2, 0.25) is 0 Å². The Bertz CT molecular complexity index is 505. The summed E-state index contributed by atoms with van der Waals surface area (Å²) in [7, 11) is 2.87. The number of aliphatic hydroxyl groups excluding tert-OH is 1. The van der Waals surface area contributed by atoms with Gasteiger partial charge in [0.15, 0.2) is 0 Å². The number of aliphatic hydroxyl groups is 1. The second-order valence-corrected chi connectivity index (χ2v) is 4.52. The molecule has 0 spiro atoms. The average Bonchev–Trinajstić information content (AvgIpc) is 2.36. The number of hydrogen-bond donors (Lipinski definition) is 2. The van der Waals surface area contributed by atoms with Crippen molar-refractivity contribution in [2.24, 2.45) is 0 Å². The van der Waals surface area contributed by atoms with E-state index >= 15 is 0 Å². The number of carboxylic acids is 1. The fourth-order valence-electron chi connectivity index (χ4n) is 1.88. The van der Waals surface area contributed by atoms with E-state index in [1.807, 2.05) is 0 Å². The summed E-state index contributed by atoms with van der Waals surface area (Å²) in [6, 6.07) is 2.46. The Morgan fingerprint density at radius 3 is 2.52 bits per heavy atom. The molecule has 0 heterocycles. The monoisotopic (exact) mass is 307 g/mol. The summed E-state index contributed by atoms with van der Waals surface area (Å²) < 4.78 is 42.6. The first-order chi connectivity index (χ1) is 9.66. The van der Waals surface area contributed by atoms with E-state index in [0.717, 1.165) is 12.1 Å². The van der Waals surface area contributed by atoms with Gasteiger partial charge < -0.3 is 19.8 Å². The third kappa shape index (κ3) is 4.61. The van der Waals surface area contributed by atoms with E-state index in [0.29, 0.717) is 6.07 Å². The minimum atomic E-state index is -4.61. The molecule has 0 saturated heterocycles. The van der Waals surface area contributed by atoms with Gasteiger partial charge in [-0.15, -0.1) is 0 Å². The smallest absolute Gasteiger partial charge is 0.416 e. The molecule has 0 fully saturated rings. The van der Waals surface area contributed by atoms with Gasteiger partial charge in [-0.1, -0.05) is 0 Å². The van der Waals surface area contributed by atoms with E-state index in [4.69, 9.17) is 9.84 Å². The average molecular weight is 307 g/mol. The minimum Gasteiger partial charge on any atom is -0.478 e. The van der Waals surface area contributed by atoms with Gasteiger partial charge in [-0.05, 0) is 18.2 Å². The van der Waals surface area contributed by atoms with Crippen LogP contribution < -0.4 is 4.90 Å². The number of ether oxygens (including phenoxy) is 1. The van der Waals surface area contributed by atoms with Crippen molar-refractivity contribution in [3.63, 3.8) is 0 Å². The Kier molecular flexibility index (Phi) is 5.56. The normalized spacial score (nSPS) is 13.0. The van der Waals surface area contributed by atoms with Crippen LogP contribution >= 0.6 is 0 Å². The summed E-state index contributed by atoms with van der Waals surface area (Å²) in [6.07, 6.45) is -5.50. The van der Waals surface area contributed by atoms with Crippen molar-refractivity contribution in [3.8, 4) is 0 Å². The van der Waals surface area contributed by atoms with E-state index in [2.05, 4.69) is 0 Å². The molecule has 0 aliphatic rings. The van der Waals surface area contributed by atoms with Gasteiger partial charge in [0.1, 0.15) is 0 Å². The fourth-order valence-corrected chi connectivity index (χ4v) is 1.88. The van der Waals surface area contributed by atoms with Gasteiger partial charge in [0.25, 0.3) is 0 Å². The van der Waals surface area contributed by atoms with Crippen LogP contribution in [-0.2, 0) is 10.9 Å². The number of aromatic carboxylic acids is 1. The molecule has 0 amide bonds. The molecule has 1 unspecified atom stereocenters. The largest absolute Gasteiger partial charge is 0.478 e. The molecule has 1 rings (SSSR count). The van der Waals surface area contributed by atoms with Gasteiger partial charge in [0, 0.05) is 20.7 Å². The van der Waals surface area contributed by atoms with Crippen molar-refractivity contribution < 1.29 is 32.9 Å². The van der Waals surface area contributed by atoms with Crippen molar-refractivity contribution in [3.05, 3.63) is 29.3 Å². The number of carboxylic acid groups (broad SMARTS) is 1. The Balaban J connectivity index is 3.09. The maximum Gasteiger partial charge on any atom is 0.416 e. The van der Waals surface area contributed by atoms with E-state index in [1.165, 1.54) is 19.1 Å². The van der Waals surface area contributed by atoms with Gasteiger partial charge in [0.2, 0.25) is 0 Å². The highest BCUT2D eigenvalue weighted by molar-refractivity contribution is 5.94. The van der Waals surface area contributed by atoms with Crippen molar-refractivity contribution >= 4 is 11.7 Å². The molecule has 1 aromatic rings. The SMILES string of the molecule is COCC(O)CN(C)c1ccc(C(F)(F)F)cc1C(=O)O. The Morgan fingerprint density at radius 2 is 2.05 bits per heavy atom. The van der Waals surface area contributed by atoms with Gasteiger partial charge in [-0.3, -0.25) is 0 Å². The highest BCUT2D eigenvalue weighted by Crippen LogP contribution is 2.32. The molecule has 1 aromatic carbocycles. The number of nitrogens with zero attached hydrogens (tertiary/aromatic N) is 1. The first-order valence-electron chi connectivity index (χ1n) is 5.99. The molecule has 21 heavy (non-hydrogen) atoms. The lowest BCUT2D eigenvalue weighted by atomic mass is 10.1. The van der Waals surface area contributed by atoms with Crippen LogP contribution in [-0.4, -0.2) is 49.6 Å². The van der Waals surface area contributed by atoms with E-state index in [1.54, 1.807) is 0 Å². The van der Waals surface area contributed by atoms with E-state index in [-0.39, 0.29) is 18.8 Å². The highest BCUT2D eigenvalue weighted by Gasteiger charge is 2.32. The maximum atomic E-state index is 12.6. The molecule has 1 atom stereocenters. The summed E-state index contributed by atoms with van der Waals surface area (Å²) in [5.74, 6) is -1.47. The minimum absolute atomic E-state index is 0.0273. The zero-order valence-electron chi connectivity index (χ0n) is 11.5. The third-order valence-corrected chi connectivity index (χ3v) is 2.81. The molecular formula is C13H16F3NO4. The van der Waals surface area contributed by atoms with E-state index < -0.39 is 29.4 Å². The lowest BCUT2D eigenvalue weighted by Crippen LogP contribution is -2.32. The molecule has 8 heteroatoms. The predicted octanol–water partition coefficient (Wildman–Crippen LogP) is 1.85. The molecule has 0 aromatic heterocycles. The number of hydrogen-bond acceptors (Lipinski definition) is 4. The Morgan fingerprint density at radius 1 is 1.43 bits per heavy atom. The van der Waals surface area contributed by atoms with E-state index in [9.17, 15) is 23.1 Å². The maximum absolute atomic E-state index is 12.6. The zero-order chi connectivity index (χ0) is 16.2. The topological polar surface area (TPSA) is 70.0 Å². The number of rotatable bonds is 6. The molecule has 0 aliphatic heterocycles. The highest BCUT2D eigenvalue weighted by atomic mass is 19.4. The van der Waals surface area contributed by atoms with Gasteiger partial charge >= 0.3 is 12.1 Å². The number of likely N-dealkylation sites (N-methyl/N-ethyl adjacent to an activating group) is 1. The molecule has 2 N–H and O–H groups in total. The molecule has 0 aliphatic carbocycles. The van der Waals surface area contributed by atoms with Crippen molar-refractivity contribution in [2.75, 3.05) is 32.2 Å².